The number of carbonyl (C=O) groups is 2. The molecule has 0 N–H and O–H groups in total. The molecule has 0 spiro atoms. The van der Waals surface area contributed by atoms with Gasteiger partial charge in [-0.15, -0.1) is 0 Å². The first-order chi connectivity index (χ1) is 9.72. The van der Waals surface area contributed by atoms with Crippen LogP contribution in [-0.4, -0.2) is 23.1 Å². The summed E-state index contributed by atoms with van der Waals surface area (Å²) >= 11 is 0. The second kappa shape index (κ2) is 6.97. The van der Waals surface area contributed by atoms with Crippen molar-refractivity contribution in [3.05, 3.63) is 0 Å². The largest absolute Gasteiger partial charge is 0.300 e. The molecule has 0 bridgehead atoms. The number of hydrogen-bond donors (Lipinski definition) is 0. The van der Waals surface area contributed by atoms with Crippen molar-refractivity contribution >= 4 is 27.2 Å². The van der Waals surface area contributed by atoms with Crippen LogP contribution in [0.2, 0.25) is 0 Å². The van der Waals surface area contributed by atoms with Gasteiger partial charge in [0.1, 0.15) is 5.78 Å². The SMILES string of the molecule is O=C1CCC2CCCP2PC(=O)CCC2CCCC2C1. The van der Waals surface area contributed by atoms with Crippen molar-refractivity contribution in [1.29, 1.82) is 0 Å². The van der Waals surface area contributed by atoms with E-state index in [1.54, 1.807) is 0 Å². The Kier molecular flexibility index (Phi) is 5.27. The van der Waals surface area contributed by atoms with Crippen LogP contribution in [0.15, 0.2) is 0 Å². The molecular weight excluding hydrogens is 286 g/mol. The van der Waals surface area contributed by atoms with Crippen LogP contribution in [0.25, 0.3) is 0 Å². The number of Topliss-reactive ketones (excluding diaryl/α,β-unsaturated/α-hetero) is 1. The molecule has 20 heavy (non-hydrogen) atoms. The van der Waals surface area contributed by atoms with Gasteiger partial charge in [-0.1, -0.05) is 20.5 Å². The minimum Gasteiger partial charge on any atom is -0.300 e. The van der Waals surface area contributed by atoms with E-state index >= 15 is 0 Å². The van der Waals surface area contributed by atoms with Gasteiger partial charge >= 0.3 is 0 Å². The van der Waals surface area contributed by atoms with Gasteiger partial charge in [-0.25, -0.2) is 0 Å². The molecule has 5 atom stereocenters. The molecule has 2 aliphatic heterocycles. The highest BCUT2D eigenvalue weighted by atomic mass is 32.0. The van der Waals surface area contributed by atoms with Crippen LogP contribution in [0.1, 0.15) is 64.2 Å². The van der Waals surface area contributed by atoms with E-state index in [1.807, 2.05) is 0 Å². The van der Waals surface area contributed by atoms with Crippen LogP contribution in [0.5, 0.6) is 0 Å². The molecule has 0 aromatic rings. The van der Waals surface area contributed by atoms with Crippen molar-refractivity contribution < 1.29 is 9.59 Å². The molecule has 3 rings (SSSR count). The van der Waals surface area contributed by atoms with Crippen molar-refractivity contribution in [2.75, 3.05) is 6.16 Å². The minimum atomic E-state index is -0.0590. The average Bonchev–Trinajstić information content (AvgIpc) is 3.02. The van der Waals surface area contributed by atoms with Gasteiger partial charge in [0, 0.05) is 19.3 Å². The van der Waals surface area contributed by atoms with Crippen molar-refractivity contribution in [1.82, 2.24) is 0 Å². The summed E-state index contributed by atoms with van der Waals surface area (Å²) in [5.41, 5.74) is 1.29. The topological polar surface area (TPSA) is 34.1 Å². The number of rotatable bonds is 0. The lowest BCUT2D eigenvalue weighted by molar-refractivity contribution is -0.120. The van der Waals surface area contributed by atoms with Crippen molar-refractivity contribution in [3.8, 4) is 0 Å². The van der Waals surface area contributed by atoms with Gasteiger partial charge in [0.25, 0.3) is 0 Å². The highest BCUT2D eigenvalue weighted by Crippen LogP contribution is 2.66. The van der Waals surface area contributed by atoms with E-state index in [0.29, 0.717) is 31.4 Å². The molecule has 1 aliphatic carbocycles. The van der Waals surface area contributed by atoms with Crippen LogP contribution in [0.3, 0.4) is 0 Å². The minimum absolute atomic E-state index is 0.0590. The highest BCUT2D eigenvalue weighted by Gasteiger charge is 2.33. The van der Waals surface area contributed by atoms with Gasteiger partial charge in [0.05, 0.1) is 0 Å². The molecule has 2 nitrogen and oxygen atoms in total. The third-order valence-corrected chi connectivity index (χ3v) is 11.8. The Bertz CT molecular complexity index is 347. The van der Waals surface area contributed by atoms with Gasteiger partial charge in [0.2, 0.25) is 0 Å². The molecule has 2 saturated heterocycles. The zero-order valence-electron chi connectivity index (χ0n) is 12.3. The van der Waals surface area contributed by atoms with Gasteiger partial charge in [-0.2, -0.15) is 0 Å². The van der Waals surface area contributed by atoms with Crippen LogP contribution in [0.4, 0.5) is 0 Å². The van der Waals surface area contributed by atoms with E-state index in [0.717, 1.165) is 37.8 Å². The number of hydrogen-bond acceptors (Lipinski definition) is 2. The number of ketones is 1. The fourth-order valence-corrected chi connectivity index (χ4v) is 10.4. The maximum absolute atomic E-state index is 12.3. The summed E-state index contributed by atoms with van der Waals surface area (Å²) < 4.78 is 0. The molecule has 0 aromatic carbocycles. The van der Waals surface area contributed by atoms with E-state index < -0.39 is 0 Å². The first kappa shape index (κ1) is 15.1. The Morgan fingerprint density at radius 1 is 0.900 bits per heavy atom. The zero-order valence-corrected chi connectivity index (χ0v) is 14.2. The fourth-order valence-electron chi connectivity index (χ4n) is 4.30. The van der Waals surface area contributed by atoms with Crippen LogP contribution in [-0.2, 0) is 9.59 Å². The first-order valence-corrected chi connectivity index (χ1v) is 11.7. The molecule has 0 radical (unpaired) electrons. The number of carbonyl (C=O) groups excluding carboxylic acids is 2. The van der Waals surface area contributed by atoms with Gasteiger partial charge in [0.15, 0.2) is 5.52 Å². The van der Waals surface area contributed by atoms with Crippen molar-refractivity contribution in [3.63, 3.8) is 0 Å². The lowest BCUT2D eigenvalue weighted by Gasteiger charge is -2.23. The molecule has 5 unspecified atom stereocenters. The van der Waals surface area contributed by atoms with Gasteiger partial charge in [-0.3, -0.25) is 9.59 Å². The van der Waals surface area contributed by atoms with E-state index in [-0.39, 0.29) is 7.61 Å². The number of fused-ring (bicyclic) bond motifs is 2. The molecule has 1 saturated carbocycles. The van der Waals surface area contributed by atoms with Crippen LogP contribution < -0.4 is 0 Å². The predicted molar refractivity (Wildman–Crippen MR) is 87.1 cm³/mol. The van der Waals surface area contributed by atoms with Crippen LogP contribution >= 0.6 is 15.9 Å². The van der Waals surface area contributed by atoms with Crippen molar-refractivity contribution in [2.45, 2.75) is 69.9 Å². The molecule has 3 fully saturated rings. The Morgan fingerprint density at radius 2 is 1.75 bits per heavy atom. The Hall–Kier alpha value is 0.200. The summed E-state index contributed by atoms with van der Waals surface area (Å²) in [4.78, 5) is 24.5. The summed E-state index contributed by atoms with van der Waals surface area (Å²) in [5.74, 6) is 1.78. The Morgan fingerprint density at radius 3 is 2.65 bits per heavy atom. The quantitative estimate of drug-likeness (QED) is 0.608. The highest BCUT2D eigenvalue weighted by molar-refractivity contribution is 8.28. The van der Waals surface area contributed by atoms with Crippen molar-refractivity contribution in [2.24, 2.45) is 11.8 Å². The molecule has 0 amide bonds. The Labute approximate surface area is 125 Å². The maximum atomic E-state index is 12.3. The standard InChI is InChI=1S/C16H26O2P2/c17-14-7-8-15-5-2-10-20(15)19-16(18)9-6-12-3-1-4-13(12)11-14/h12-13,15,19H,1-11H2. The summed E-state index contributed by atoms with van der Waals surface area (Å²) in [7, 11) is 0.537. The third-order valence-electron chi connectivity index (χ3n) is 5.45. The fraction of sp³-hybridized carbons (Fsp3) is 0.875. The predicted octanol–water partition coefficient (Wildman–Crippen LogP) is 4.70. The van der Waals surface area contributed by atoms with Gasteiger partial charge in [-0.05, 0) is 64.0 Å². The lowest BCUT2D eigenvalue weighted by atomic mass is 9.87. The normalized spacial score (nSPS) is 41.0. The second-order valence-corrected chi connectivity index (χ2v) is 12.1. The molecule has 112 valence electrons. The van der Waals surface area contributed by atoms with Gasteiger partial charge < -0.3 is 0 Å². The monoisotopic (exact) mass is 312 g/mol. The molecule has 3 aliphatic rings. The maximum Gasteiger partial charge on any atom is 0.155 e. The first-order valence-electron chi connectivity index (χ1n) is 8.30. The van der Waals surface area contributed by atoms with E-state index in [1.165, 1.54) is 38.3 Å². The summed E-state index contributed by atoms with van der Waals surface area (Å²) in [5, 5.41) is 0. The summed E-state index contributed by atoms with van der Waals surface area (Å²) in [6, 6.07) is 0. The lowest BCUT2D eigenvalue weighted by Crippen LogP contribution is -2.16. The summed E-state index contributed by atoms with van der Waals surface area (Å²) in [6.45, 7) is 0. The molecule has 0 aromatic heterocycles. The molecular formula is C16H26O2P2. The second-order valence-electron chi connectivity index (χ2n) is 6.80. The molecule has 2 heterocycles. The molecule has 4 heteroatoms. The smallest absolute Gasteiger partial charge is 0.155 e. The van der Waals surface area contributed by atoms with E-state index in [9.17, 15) is 9.59 Å². The Balaban J connectivity index is 1.67. The average molecular weight is 312 g/mol. The van der Waals surface area contributed by atoms with Crippen LogP contribution in [0, 0.1) is 11.8 Å². The summed E-state index contributed by atoms with van der Waals surface area (Å²) in [6.07, 6.45) is 12.2. The zero-order chi connectivity index (χ0) is 13.9. The van der Waals surface area contributed by atoms with E-state index in [2.05, 4.69) is 0 Å². The third kappa shape index (κ3) is 3.69. The van der Waals surface area contributed by atoms with E-state index in [4.69, 9.17) is 0 Å².